The van der Waals surface area contributed by atoms with E-state index in [0.29, 0.717) is 22.8 Å². The number of nitrogens with one attached hydrogen (secondary N) is 1. The van der Waals surface area contributed by atoms with E-state index in [1.165, 1.54) is 0 Å². The van der Waals surface area contributed by atoms with Crippen molar-refractivity contribution in [2.75, 3.05) is 6.79 Å². The van der Waals surface area contributed by atoms with Crippen LogP contribution in [0, 0.1) is 0 Å². The van der Waals surface area contributed by atoms with Gasteiger partial charge in [-0.3, -0.25) is 9.48 Å². The van der Waals surface area contributed by atoms with Crippen LogP contribution in [0.3, 0.4) is 0 Å². The maximum absolute atomic E-state index is 12.5. The van der Waals surface area contributed by atoms with Crippen molar-refractivity contribution in [3.05, 3.63) is 41.7 Å². The van der Waals surface area contributed by atoms with E-state index in [2.05, 4.69) is 15.6 Å². The summed E-state index contributed by atoms with van der Waals surface area (Å²) in [7, 11) is 0. The molecular formula is C15H13F3N4O3. The highest BCUT2D eigenvalue weighted by molar-refractivity contribution is 5.99. The van der Waals surface area contributed by atoms with Crippen molar-refractivity contribution in [2.45, 2.75) is 19.6 Å². The number of hydrogen-bond acceptors (Lipinski definition) is 5. The molecule has 0 spiro atoms. The van der Waals surface area contributed by atoms with Gasteiger partial charge in [-0.15, -0.1) is 0 Å². The van der Waals surface area contributed by atoms with Gasteiger partial charge in [-0.05, 0) is 31.2 Å². The molecule has 7 nitrogen and oxygen atoms in total. The number of carbonyl (C=O) groups is 1. The highest BCUT2D eigenvalue weighted by atomic mass is 19.4. The van der Waals surface area contributed by atoms with Crippen LogP contribution in [0.2, 0.25) is 0 Å². The number of carbonyl (C=O) groups excluding carboxylic acids is 1. The van der Waals surface area contributed by atoms with Gasteiger partial charge in [0, 0.05) is 11.8 Å². The van der Waals surface area contributed by atoms with E-state index in [1.807, 2.05) is 0 Å². The lowest BCUT2D eigenvalue weighted by Gasteiger charge is -2.05. The van der Waals surface area contributed by atoms with Crippen LogP contribution >= 0.6 is 0 Å². The van der Waals surface area contributed by atoms with Crippen molar-refractivity contribution < 1.29 is 27.4 Å². The molecule has 25 heavy (non-hydrogen) atoms. The number of fused-ring (bicyclic) bond motifs is 1. The summed E-state index contributed by atoms with van der Waals surface area (Å²) in [6.45, 7) is 1.44. The molecule has 2 aromatic rings. The third kappa shape index (κ3) is 3.90. The lowest BCUT2D eigenvalue weighted by Crippen LogP contribution is -2.24. The minimum Gasteiger partial charge on any atom is -0.454 e. The van der Waals surface area contributed by atoms with E-state index in [0.717, 1.165) is 16.9 Å². The van der Waals surface area contributed by atoms with Crippen LogP contribution < -0.4 is 14.9 Å². The molecule has 1 N–H and O–H groups in total. The number of hydrazone groups is 1. The van der Waals surface area contributed by atoms with Crippen LogP contribution in [-0.4, -0.2) is 28.2 Å². The topological polar surface area (TPSA) is 77.7 Å². The molecule has 0 saturated carbocycles. The number of benzene rings is 1. The molecule has 1 aromatic heterocycles. The quantitative estimate of drug-likeness (QED) is 0.674. The van der Waals surface area contributed by atoms with Gasteiger partial charge < -0.3 is 9.47 Å². The summed E-state index contributed by atoms with van der Waals surface area (Å²) in [4.78, 5) is 11.8. The fourth-order valence-electron chi connectivity index (χ4n) is 2.12. The second-order valence-electron chi connectivity index (χ2n) is 5.20. The zero-order chi connectivity index (χ0) is 18.0. The van der Waals surface area contributed by atoms with Crippen molar-refractivity contribution in [3.63, 3.8) is 0 Å². The molecule has 0 saturated heterocycles. The first-order valence-corrected chi connectivity index (χ1v) is 7.17. The predicted octanol–water partition coefficient (Wildman–Crippen LogP) is 2.17. The van der Waals surface area contributed by atoms with Crippen LogP contribution in [-0.2, 0) is 17.5 Å². The number of amides is 1. The Balaban J connectivity index is 1.61. The summed E-state index contributed by atoms with van der Waals surface area (Å²) in [5.41, 5.74) is 2.44. The third-order valence-electron chi connectivity index (χ3n) is 3.38. The normalized spacial score (nSPS) is 13.8. The Kier molecular flexibility index (Phi) is 4.34. The summed E-state index contributed by atoms with van der Waals surface area (Å²) in [5, 5.41) is 7.23. The van der Waals surface area contributed by atoms with E-state index >= 15 is 0 Å². The summed E-state index contributed by atoms with van der Waals surface area (Å²) in [6.07, 6.45) is -3.47. The molecule has 0 unspecified atom stereocenters. The van der Waals surface area contributed by atoms with E-state index in [9.17, 15) is 18.0 Å². The lowest BCUT2D eigenvalue weighted by molar-refractivity contribution is -0.141. The van der Waals surface area contributed by atoms with Crippen molar-refractivity contribution in [1.82, 2.24) is 15.2 Å². The minimum atomic E-state index is -4.55. The molecule has 1 aliphatic rings. The number of ether oxygens (including phenoxy) is 2. The Morgan fingerprint density at radius 2 is 2.08 bits per heavy atom. The van der Waals surface area contributed by atoms with Crippen LogP contribution in [0.25, 0.3) is 0 Å². The van der Waals surface area contributed by atoms with Crippen LogP contribution in [0.4, 0.5) is 13.2 Å². The van der Waals surface area contributed by atoms with Crippen LogP contribution in [0.5, 0.6) is 11.5 Å². The fourth-order valence-corrected chi connectivity index (χ4v) is 2.12. The molecule has 1 aromatic carbocycles. The molecule has 132 valence electrons. The molecule has 0 radical (unpaired) electrons. The second-order valence-corrected chi connectivity index (χ2v) is 5.20. The zero-order valence-electron chi connectivity index (χ0n) is 13.0. The number of rotatable bonds is 4. The number of alkyl halides is 3. The molecule has 0 fully saturated rings. The Hall–Kier alpha value is -3.04. The molecule has 1 aliphatic heterocycles. The van der Waals surface area contributed by atoms with Gasteiger partial charge in [-0.2, -0.15) is 23.4 Å². The van der Waals surface area contributed by atoms with Gasteiger partial charge in [0.1, 0.15) is 6.54 Å². The fraction of sp³-hybridized carbons (Fsp3) is 0.267. The van der Waals surface area contributed by atoms with E-state index in [4.69, 9.17) is 9.47 Å². The monoisotopic (exact) mass is 354 g/mol. The maximum Gasteiger partial charge on any atom is 0.435 e. The van der Waals surface area contributed by atoms with Crippen molar-refractivity contribution in [2.24, 2.45) is 5.10 Å². The highest BCUT2D eigenvalue weighted by Gasteiger charge is 2.33. The summed E-state index contributed by atoms with van der Waals surface area (Å²) >= 11 is 0. The van der Waals surface area contributed by atoms with Crippen molar-refractivity contribution in [3.8, 4) is 11.5 Å². The first-order valence-electron chi connectivity index (χ1n) is 7.17. The average Bonchev–Trinajstić information content (AvgIpc) is 3.20. The highest BCUT2D eigenvalue weighted by Crippen LogP contribution is 2.32. The summed E-state index contributed by atoms with van der Waals surface area (Å²) in [6, 6.07) is 5.99. The van der Waals surface area contributed by atoms with Gasteiger partial charge in [0.25, 0.3) is 5.91 Å². The summed E-state index contributed by atoms with van der Waals surface area (Å²) in [5.74, 6) is 0.603. The Bertz CT molecular complexity index is 830. The Morgan fingerprint density at radius 1 is 1.32 bits per heavy atom. The van der Waals surface area contributed by atoms with Gasteiger partial charge in [0.15, 0.2) is 17.2 Å². The molecule has 3 rings (SSSR count). The van der Waals surface area contributed by atoms with Crippen LogP contribution in [0.15, 0.2) is 35.6 Å². The molecule has 0 aliphatic carbocycles. The number of aromatic nitrogens is 2. The SMILES string of the molecule is CC(=NNC(=O)Cn1ccc(C(F)(F)F)n1)c1ccc2c(c1)OCO2. The van der Waals surface area contributed by atoms with E-state index < -0.39 is 17.8 Å². The molecule has 2 heterocycles. The lowest BCUT2D eigenvalue weighted by atomic mass is 10.1. The standard InChI is InChI=1S/C15H13F3N4O3/c1-9(10-2-3-11-12(6-10)25-8-24-11)19-20-14(23)7-22-5-4-13(21-22)15(16,17)18/h2-6H,7-8H2,1H3,(H,20,23). The maximum atomic E-state index is 12.5. The number of nitrogens with zero attached hydrogens (tertiary/aromatic N) is 3. The Morgan fingerprint density at radius 3 is 2.80 bits per heavy atom. The molecule has 1 amide bonds. The van der Waals surface area contributed by atoms with Crippen molar-refractivity contribution >= 4 is 11.6 Å². The van der Waals surface area contributed by atoms with Gasteiger partial charge in [0.2, 0.25) is 6.79 Å². The first kappa shape index (κ1) is 16.8. The van der Waals surface area contributed by atoms with Gasteiger partial charge in [0.05, 0.1) is 5.71 Å². The van der Waals surface area contributed by atoms with Crippen molar-refractivity contribution in [1.29, 1.82) is 0 Å². The second kappa shape index (κ2) is 6.46. The third-order valence-corrected chi connectivity index (χ3v) is 3.38. The predicted molar refractivity (Wildman–Crippen MR) is 80.1 cm³/mol. The molecule has 10 heteroatoms. The summed E-state index contributed by atoms with van der Waals surface area (Å²) < 4.78 is 48.7. The molecular weight excluding hydrogens is 341 g/mol. The van der Waals surface area contributed by atoms with Gasteiger partial charge in [-0.25, -0.2) is 5.43 Å². The number of hydrogen-bond donors (Lipinski definition) is 1. The minimum absolute atomic E-state index is 0.148. The average molecular weight is 354 g/mol. The van der Waals surface area contributed by atoms with E-state index in [1.54, 1.807) is 25.1 Å². The van der Waals surface area contributed by atoms with Crippen LogP contribution in [0.1, 0.15) is 18.2 Å². The molecule has 0 atom stereocenters. The first-order chi connectivity index (χ1) is 11.8. The number of halogens is 3. The smallest absolute Gasteiger partial charge is 0.435 e. The largest absolute Gasteiger partial charge is 0.454 e. The molecule has 0 bridgehead atoms. The van der Waals surface area contributed by atoms with Gasteiger partial charge >= 0.3 is 6.18 Å². The Labute approximate surface area is 140 Å². The van der Waals surface area contributed by atoms with Gasteiger partial charge in [-0.1, -0.05) is 0 Å². The zero-order valence-corrected chi connectivity index (χ0v) is 13.0. The van der Waals surface area contributed by atoms with E-state index in [-0.39, 0.29) is 13.3 Å².